The number of ether oxygens (including phenoxy) is 1. The summed E-state index contributed by atoms with van der Waals surface area (Å²) < 4.78 is 4.96. The summed E-state index contributed by atoms with van der Waals surface area (Å²) in [5, 5.41) is 2.86. The third-order valence-corrected chi connectivity index (χ3v) is 4.94. The highest BCUT2D eigenvalue weighted by molar-refractivity contribution is 6.11. The van der Waals surface area contributed by atoms with Crippen molar-refractivity contribution in [3.05, 3.63) is 54.1 Å². The van der Waals surface area contributed by atoms with Gasteiger partial charge in [-0.05, 0) is 43.2 Å². The quantitative estimate of drug-likeness (QED) is 0.865. The number of hydrogen-bond donors (Lipinski definition) is 1. The summed E-state index contributed by atoms with van der Waals surface area (Å²) in [4.78, 5) is 40.1. The molecule has 1 aliphatic heterocycles. The van der Waals surface area contributed by atoms with Crippen LogP contribution in [0.4, 0.5) is 21.9 Å². The molecule has 0 aromatic heterocycles. The minimum Gasteiger partial charge on any atom is -0.447 e. The first-order valence-corrected chi connectivity index (χ1v) is 9.27. The van der Waals surface area contributed by atoms with Gasteiger partial charge < -0.3 is 15.0 Å². The fourth-order valence-electron chi connectivity index (χ4n) is 3.26. The number of carbonyl (C=O) groups excluding carboxylic acids is 3. The first-order valence-electron chi connectivity index (χ1n) is 9.27. The standard InChI is InChI=1S/C21H21N3O4/c1-23(20(26)14-9-10-14)18-8-3-2-7-17(18)19(25)22-15-5-4-6-16(13-15)24-11-12-28-21(24)27/h2-8,13-14H,9-12H2,1H3,(H,22,25). The van der Waals surface area contributed by atoms with Gasteiger partial charge in [-0.15, -0.1) is 0 Å². The van der Waals surface area contributed by atoms with Crippen molar-refractivity contribution >= 4 is 35.0 Å². The van der Waals surface area contributed by atoms with Gasteiger partial charge in [-0.2, -0.15) is 0 Å². The van der Waals surface area contributed by atoms with Gasteiger partial charge in [0.25, 0.3) is 5.91 Å². The molecule has 0 radical (unpaired) electrons. The molecule has 7 nitrogen and oxygen atoms in total. The molecule has 0 bridgehead atoms. The van der Waals surface area contributed by atoms with Crippen molar-refractivity contribution < 1.29 is 19.1 Å². The number of amides is 3. The van der Waals surface area contributed by atoms with Gasteiger partial charge in [0, 0.05) is 24.3 Å². The Labute approximate surface area is 162 Å². The predicted octanol–water partition coefficient (Wildman–Crippen LogP) is 3.27. The van der Waals surface area contributed by atoms with Gasteiger partial charge in [0.1, 0.15) is 6.61 Å². The Hall–Kier alpha value is -3.35. The molecule has 28 heavy (non-hydrogen) atoms. The predicted molar refractivity (Wildman–Crippen MR) is 106 cm³/mol. The average Bonchev–Trinajstić information content (AvgIpc) is 3.47. The van der Waals surface area contributed by atoms with Crippen LogP contribution in [0.15, 0.2) is 48.5 Å². The zero-order valence-corrected chi connectivity index (χ0v) is 15.6. The highest BCUT2D eigenvalue weighted by Gasteiger charge is 2.33. The van der Waals surface area contributed by atoms with Gasteiger partial charge in [0.2, 0.25) is 5.91 Å². The molecule has 2 aromatic rings. The fraction of sp³-hybridized carbons (Fsp3) is 0.286. The smallest absolute Gasteiger partial charge is 0.414 e. The van der Waals surface area contributed by atoms with Gasteiger partial charge in [-0.25, -0.2) is 4.79 Å². The molecule has 2 aliphatic rings. The highest BCUT2D eigenvalue weighted by Crippen LogP contribution is 2.33. The van der Waals surface area contributed by atoms with Crippen LogP contribution < -0.4 is 15.1 Å². The molecule has 0 atom stereocenters. The summed E-state index contributed by atoms with van der Waals surface area (Å²) in [5.41, 5.74) is 2.23. The van der Waals surface area contributed by atoms with Crippen molar-refractivity contribution in [2.75, 3.05) is 35.3 Å². The molecule has 1 saturated heterocycles. The highest BCUT2D eigenvalue weighted by atomic mass is 16.6. The molecule has 7 heteroatoms. The summed E-state index contributed by atoms with van der Waals surface area (Å²) in [6, 6.07) is 14.1. The molecule has 1 N–H and O–H groups in total. The van der Waals surface area contributed by atoms with E-state index in [-0.39, 0.29) is 17.7 Å². The van der Waals surface area contributed by atoms with Crippen LogP contribution in [0.1, 0.15) is 23.2 Å². The third-order valence-electron chi connectivity index (χ3n) is 4.94. The summed E-state index contributed by atoms with van der Waals surface area (Å²) in [6.07, 6.45) is 1.42. The van der Waals surface area contributed by atoms with E-state index in [1.165, 1.54) is 4.90 Å². The summed E-state index contributed by atoms with van der Waals surface area (Å²) >= 11 is 0. The summed E-state index contributed by atoms with van der Waals surface area (Å²) in [7, 11) is 1.70. The van der Waals surface area contributed by atoms with E-state index >= 15 is 0 Å². The topological polar surface area (TPSA) is 79.0 Å². The monoisotopic (exact) mass is 379 g/mol. The van der Waals surface area contributed by atoms with E-state index in [9.17, 15) is 14.4 Å². The minimum absolute atomic E-state index is 0.0368. The van der Waals surface area contributed by atoms with Crippen molar-refractivity contribution in [1.82, 2.24) is 0 Å². The van der Waals surface area contributed by atoms with Crippen LogP contribution in [0, 0.1) is 5.92 Å². The van der Waals surface area contributed by atoms with E-state index in [1.54, 1.807) is 54.4 Å². The van der Waals surface area contributed by atoms with Gasteiger partial charge in [0.15, 0.2) is 0 Å². The molecule has 144 valence electrons. The lowest BCUT2D eigenvalue weighted by atomic mass is 10.1. The van der Waals surface area contributed by atoms with Crippen LogP contribution in [0.5, 0.6) is 0 Å². The molecule has 2 aromatic carbocycles. The lowest BCUT2D eigenvalue weighted by Crippen LogP contribution is -2.30. The minimum atomic E-state index is -0.394. The first-order chi connectivity index (χ1) is 13.5. The Morgan fingerprint density at radius 3 is 2.64 bits per heavy atom. The van der Waals surface area contributed by atoms with Gasteiger partial charge in [-0.1, -0.05) is 18.2 Å². The second kappa shape index (κ2) is 7.34. The van der Waals surface area contributed by atoms with E-state index in [1.807, 2.05) is 6.07 Å². The summed E-state index contributed by atoms with van der Waals surface area (Å²) in [6.45, 7) is 0.831. The molecule has 1 saturated carbocycles. The zero-order chi connectivity index (χ0) is 19.7. The lowest BCUT2D eigenvalue weighted by molar-refractivity contribution is -0.119. The summed E-state index contributed by atoms with van der Waals surface area (Å²) in [5.74, 6) is -0.208. The number of benzene rings is 2. The number of carbonyl (C=O) groups is 3. The van der Waals surface area contributed by atoms with E-state index in [4.69, 9.17) is 4.74 Å². The third kappa shape index (κ3) is 3.55. The van der Waals surface area contributed by atoms with Gasteiger partial charge >= 0.3 is 6.09 Å². The Balaban J connectivity index is 1.54. The maximum atomic E-state index is 12.9. The number of rotatable bonds is 5. The number of hydrogen-bond acceptors (Lipinski definition) is 4. The molecule has 3 amide bonds. The van der Waals surface area contributed by atoms with Crippen LogP contribution in [-0.4, -0.2) is 38.1 Å². The molecule has 2 fully saturated rings. The van der Waals surface area contributed by atoms with Crippen molar-refractivity contribution in [3.63, 3.8) is 0 Å². The van der Waals surface area contributed by atoms with Crippen molar-refractivity contribution in [1.29, 1.82) is 0 Å². The Morgan fingerprint density at radius 1 is 1.14 bits per heavy atom. The van der Waals surface area contributed by atoms with E-state index in [0.717, 1.165) is 12.8 Å². The van der Waals surface area contributed by atoms with Crippen LogP contribution in [-0.2, 0) is 9.53 Å². The Morgan fingerprint density at radius 2 is 1.93 bits per heavy atom. The van der Waals surface area contributed by atoms with Crippen molar-refractivity contribution in [3.8, 4) is 0 Å². The molecular formula is C21H21N3O4. The second-order valence-electron chi connectivity index (χ2n) is 6.96. The average molecular weight is 379 g/mol. The zero-order valence-electron chi connectivity index (χ0n) is 15.6. The SMILES string of the molecule is CN(C(=O)C1CC1)c1ccccc1C(=O)Nc1cccc(N2CCOC2=O)c1. The van der Waals surface area contributed by atoms with Crippen molar-refractivity contribution in [2.45, 2.75) is 12.8 Å². The molecule has 4 rings (SSSR count). The molecule has 0 spiro atoms. The number of cyclic esters (lactones) is 1. The fourth-order valence-corrected chi connectivity index (χ4v) is 3.26. The van der Waals surface area contributed by atoms with Crippen LogP contribution in [0.3, 0.4) is 0 Å². The lowest BCUT2D eigenvalue weighted by Gasteiger charge is -2.20. The van der Waals surface area contributed by atoms with Crippen LogP contribution in [0.25, 0.3) is 0 Å². The number of para-hydroxylation sites is 1. The molecular weight excluding hydrogens is 358 g/mol. The van der Waals surface area contributed by atoms with E-state index in [0.29, 0.717) is 35.8 Å². The second-order valence-corrected chi connectivity index (χ2v) is 6.96. The number of anilines is 3. The Kier molecular flexibility index (Phi) is 4.73. The molecule has 1 aliphatic carbocycles. The van der Waals surface area contributed by atoms with Gasteiger partial charge in [0.05, 0.1) is 17.8 Å². The van der Waals surface area contributed by atoms with Gasteiger partial charge in [-0.3, -0.25) is 14.5 Å². The maximum absolute atomic E-state index is 12.9. The number of nitrogens with zero attached hydrogens (tertiary/aromatic N) is 2. The first kappa shape index (κ1) is 18.0. The van der Waals surface area contributed by atoms with Crippen LogP contribution >= 0.6 is 0 Å². The number of nitrogens with one attached hydrogen (secondary N) is 1. The van der Waals surface area contributed by atoms with E-state index in [2.05, 4.69) is 5.32 Å². The molecule has 0 unspecified atom stereocenters. The molecule has 1 heterocycles. The maximum Gasteiger partial charge on any atom is 0.414 e. The van der Waals surface area contributed by atoms with Crippen LogP contribution in [0.2, 0.25) is 0 Å². The largest absolute Gasteiger partial charge is 0.447 e. The Bertz CT molecular complexity index is 939. The normalized spacial score (nSPS) is 15.9. The van der Waals surface area contributed by atoms with E-state index < -0.39 is 6.09 Å². The van der Waals surface area contributed by atoms with Crippen molar-refractivity contribution in [2.24, 2.45) is 5.92 Å².